The van der Waals surface area contributed by atoms with Gasteiger partial charge in [0.1, 0.15) is 19.3 Å². The van der Waals surface area contributed by atoms with Crippen molar-refractivity contribution in [2.75, 3.05) is 13.2 Å². The number of esters is 2. The molecule has 0 spiro atoms. The molecule has 0 heterocycles. The van der Waals surface area contributed by atoms with Crippen LogP contribution < -0.4 is 0 Å². The molecule has 1 N–H and O–H groups in total. The Bertz CT molecular complexity index is 605. The minimum atomic E-state index is -0.954. The topological polar surface area (TPSA) is 72.8 Å². The Balaban J connectivity index is 3.34. The number of rotatable bonds is 35. The number of hydrogen-bond donors (Lipinski definition) is 1. The molecule has 262 valence electrons. The van der Waals surface area contributed by atoms with Crippen LogP contribution in [0.2, 0.25) is 0 Å². The molecule has 0 radical (unpaired) electrons. The van der Waals surface area contributed by atoms with Crippen LogP contribution in [-0.4, -0.2) is 36.4 Å². The molecule has 5 heteroatoms. The van der Waals surface area contributed by atoms with Crippen LogP contribution in [0.25, 0.3) is 0 Å². The van der Waals surface area contributed by atoms with Crippen molar-refractivity contribution in [1.82, 2.24) is 0 Å². The lowest BCUT2D eigenvalue weighted by molar-refractivity contribution is -0.152. The predicted molar refractivity (Wildman–Crippen MR) is 187 cm³/mol. The van der Waals surface area contributed by atoms with Gasteiger partial charge < -0.3 is 14.6 Å². The van der Waals surface area contributed by atoms with E-state index in [0.29, 0.717) is 12.8 Å². The van der Waals surface area contributed by atoms with Crippen LogP contribution in [0.4, 0.5) is 0 Å². The fraction of sp³-hybridized carbons (Fsp3) is 0.949. The first-order valence-electron chi connectivity index (χ1n) is 19.4. The number of aliphatic hydroxyl groups is 1. The largest absolute Gasteiger partial charge is 0.463 e. The Morgan fingerprint density at radius 2 is 0.727 bits per heavy atom. The second-order valence-electron chi connectivity index (χ2n) is 13.9. The summed E-state index contributed by atoms with van der Waals surface area (Å²) in [6, 6.07) is 0. The molecule has 5 nitrogen and oxygen atoms in total. The van der Waals surface area contributed by atoms with Crippen LogP contribution in [0, 0.1) is 5.92 Å². The van der Waals surface area contributed by atoms with Crippen LogP contribution in [0.1, 0.15) is 213 Å². The third-order valence-electron chi connectivity index (χ3n) is 8.77. The van der Waals surface area contributed by atoms with Crippen molar-refractivity contribution in [2.24, 2.45) is 5.92 Å². The molecule has 0 bridgehead atoms. The highest BCUT2D eigenvalue weighted by Gasteiger charge is 2.12. The maximum absolute atomic E-state index is 11.9. The Morgan fingerprint density at radius 1 is 0.455 bits per heavy atom. The van der Waals surface area contributed by atoms with E-state index in [9.17, 15) is 14.7 Å². The van der Waals surface area contributed by atoms with Crippen molar-refractivity contribution in [1.29, 1.82) is 0 Å². The van der Waals surface area contributed by atoms with Gasteiger partial charge in [-0.15, -0.1) is 0 Å². The third-order valence-corrected chi connectivity index (χ3v) is 8.77. The van der Waals surface area contributed by atoms with Gasteiger partial charge in [0, 0.05) is 12.8 Å². The monoisotopic (exact) mass is 625 g/mol. The Labute approximate surface area is 274 Å². The summed E-state index contributed by atoms with van der Waals surface area (Å²) < 4.78 is 10.3. The molecule has 0 saturated heterocycles. The van der Waals surface area contributed by atoms with E-state index in [2.05, 4.69) is 20.8 Å². The highest BCUT2D eigenvalue weighted by molar-refractivity contribution is 5.69. The number of aliphatic hydroxyl groups excluding tert-OH is 1. The standard InChI is InChI=1S/C39H76O5/c1-4-5-6-7-8-19-23-26-29-32-38(41)43-34-37(40)35-44-39(42)33-30-27-24-21-18-16-14-12-10-9-11-13-15-17-20-22-25-28-31-36(2)3/h36-37,40H,4-35H2,1-3H3/t37-/m1/s1. The smallest absolute Gasteiger partial charge is 0.305 e. The zero-order valence-corrected chi connectivity index (χ0v) is 29.9. The van der Waals surface area contributed by atoms with Crippen molar-refractivity contribution in [3.63, 3.8) is 0 Å². The quantitative estimate of drug-likeness (QED) is 0.0561. The normalized spacial score (nSPS) is 12.1. The first-order valence-corrected chi connectivity index (χ1v) is 19.4. The van der Waals surface area contributed by atoms with Gasteiger partial charge in [-0.05, 0) is 18.8 Å². The lowest BCUT2D eigenvalue weighted by Crippen LogP contribution is -2.25. The molecule has 0 unspecified atom stereocenters. The molecule has 0 aromatic carbocycles. The van der Waals surface area contributed by atoms with Gasteiger partial charge in [-0.1, -0.05) is 188 Å². The second kappa shape index (κ2) is 34.8. The Hall–Kier alpha value is -1.10. The van der Waals surface area contributed by atoms with Crippen LogP contribution in [-0.2, 0) is 19.1 Å². The van der Waals surface area contributed by atoms with Crippen molar-refractivity contribution in [3.05, 3.63) is 0 Å². The van der Waals surface area contributed by atoms with Crippen LogP contribution in [0.3, 0.4) is 0 Å². The van der Waals surface area contributed by atoms with E-state index in [0.717, 1.165) is 38.0 Å². The minimum absolute atomic E-state index is 0.108. The minimum Gasteiger partial charge on any atom is -0.463 e. The van der Waals surface area contributed by atoms with E-state index in [1.807, 2.05) is 0 Å². The predicted octanol–water partition coefficient (Wildman–Crippen LogP) is 11.8. The van der Waals surface area contributed by atoms with Gasteiger partial charge in [0.25, 0.3) is 0 Å². The molecule has 0 fully saturated rings. The number of carbonyl (C=O) groups is 2. The summed E-state index contributed by atoms with van der Waals surface area (Å²) in [5, 5.41) is 9.97. The van der Waals surface area contributed by atoms with Gasteiger partial charge in [-0.25, -0.2) is 0 Å². The average Bonchev–Trinajstić information content (AvgIpc) is 3.00. The van der Waals surface area contributed by atoms with Crippen LogP contribution in [0.5, 0.6) is 0 Å². The summed E-state index contributed by atoms with van der Waals surface area (Å²) in [6.07, 6.45) is 36.0. The summed E-state index contributed by atoms with van der Waals surface area (Å²) >= 11 is 0. The fourth-order valence-electron chi connectivity index (χ4n) is 5.80. The molecule has 0 rings (SSSR count). The van der Waals surface area contributed by atoms with Gasteiger partial charge >= 0.3 is 11.9 Å². The van der Waals surface area contributed by atoms with E-state index in [-0.39, 0.29) is 25.2 Å². The van der Waals surface area contributed by atoms with Gasteiger partial charge in [-0.2, -0.15) is 0 Å². The summed E-state index contributed by atoms with van der Waals surface area (Å²) in [5.41, 5.74) is 0. The molecule has 0 aromatic rings. The third kappa shape index (κ3) is 35.4. The lowest BCUT2D eigenvalue weighted by atomic mass is 10.0. The van der Waals surface area contributed by atoms with E-state index >= 15 is 0 Å². The van der Waals surface area contributed by atoms with E-state index in [4.69, 9.17) is 9.47 Å². The summed E-state index contributed by atoms with van der Waals surface area (Å²) in [4.78, 5) is 23.8. The number of hydrogen-bond acceptors (Lipinski definition) is 5. The van der Waals surface area contributed by atoms with Gasteiger partial charge in [0.15, 0.2) is 0 Å². The molecule has 44 heavy (non-hydrogen) atoms. The van der Waals surface area contributed by atoms with Crippen molar-refractivity contribution < 1.29 is 24.2 Å². The molecule has 0 aromatic heterocycles. The van der Waals surface area contributed by atoms with Gasteiger partial charge in [0.05, 0.1) is 0 Å². The number of carbonyl (C=O) groups excluding carboxylic acids is 2. The maximum atomic E-state index is 11.9. The zero-order valence-electron chi connectivity index (χ0n) is 29.9. The van der Waals surface area contributed by atoms with Crippen LogP contribution in [0.15, 0.2) is 0 Å². The molecule has 0 aliphatic carbocycles. The molecule has 0 aliphatic rings. The summed E-state index contributed by atoms with van der Waals surface area (Å²) in [7, 11) is 0. The van der Waals surface area contributed by atoms with Gasteiger partial charge in [-0.3, -0.25) is 9.59 Å². The summed E-state index contributed by atoms with van der Waals surface area (Å²) in [5.74, 6) is 0.309. The highest BCUT2D eigenvalue weighted by atomic mass is 16.6. The highest BCUT2D eigenvalue weighted by Crippen LogP contribution is 2.16. The molecule has 0 aliphatic heterocycles. The SMILES string of the molecule is CCCCCCCCCCCC(=O)OC[C@@H](O)COC(=O)CCCCCCCCCCCCCCCCCCCCC(C)C. The van der Waals surface area contributed by atoms with E-state index in [1.165, 1.54) is 148 Å². The maximum Gasteiger partial charge on any atom is 0.305 e. The van der Waals surface area contributed by atoms with E-state index < -0.39 is 6.10 Å². The number of unbranched alkanes of at least 4 members (excludes halogenated alkanes) is 25. The molecule has 0 amide bonds. The first kappa shape index (κ1) is 42.9. The number of ether oxygens (including phenoxy) is 2. The van der Waals surface area contributed by atoms with Gasteiger partial charge in [0.2, 0.25) is 0 Å². The van der Waals surface area contributed by atoms with Crippen molar-refractivity contribution in [3.8, 4) is 0 Å². The van der Waals surface area contributed by atoms with E-state index in [1.54, 1.807) is 0 Å². The zero-order chi connectivity index (χ0) is 32.4. The first-order chi connectivity index (χ1) is 21.5. The molecule has 0 saturated carbocycles. The Morgan fingerprint density at radius 3 is 1.02 bits per heavy atom. The van der Waals surface area contributed by atoms with Crippen LogP contribution >= 0.6 is 0 Å². The molecular weight excluding hydrogens is 548 g/mol. The average molecular weight is 625 g/mol. The second-order valence-corrected chi connectivity index (χ2v) is 13.9. The van der Waals surface area contributed by atoms with Crippen molar-refractivity contribution in [2.45, 2.75) is 219 Å². The Kier molecular flexibility index (Phi) is 33.9. The summed E-state index contributed by atoms with van der Waals surface area (Å²) in [6.45, 7) is 6.67. The van der Waals surface area contributed by atoms with Crippen molar-refractivity contribution >= 4 is 11.9 Å². The molecular formula is C39H76O5. The fourth-order valence-corrected chi connectivity index (χ4v) is 5.80. The lowest BCUT2D eigenvalue weighted by Gasteiger charge is -2.12. The molecule has 1 atom stereocenters.